The van der Waals surface area contributed by atoms with Gasteiger partial charge < -0.3 is 14.6 Å². The molecule has 4 rings (SSSR count). The summed E-state index contributed by atoms with van der Waals surface area (Å²) in [6.07, 6.45) is 3.40. The summed E-state index contributed by atoms with van der Waals surface area (Å²) in [4.78, 5) is 18.0. The third kappa shape index (κ3) is 2.05. The van der Waals surface area contributed by atoms with E-state index in [4.69, 9.17) is 16.3 Å². The summed E-state index contributed by atoms with van der Waals surface area (Å²) >= 11 is 6.40. The number of rotatable bonds is 1. The van der Waals surface area contributed by atoms with Gasteiger partial charge in [0.1, 0.15) is 5.69 Å². The lowest BCUT2D eigenvalue weighted by atomic mass is 10.1. The highest BCUT2D eigenvalue weighted by Gasteiger charge is 2.39. The minimum absolute atomic E-state index is 0.00333. The Morgan fingerprint density at radius 2 is 2.19 bits per heavy atom. The van der Waals surface area contributed by atoms with Crippen molar-refractivity contribution in [2.24, 2.45) is 0 Å². The van der Waals surface area contributed by atoms with Gasteiger partial charge in [0.15, 0.2) is 0 Å². The van der Waals surface area contributed by atoms with E-state index in [-0.39, 0.29) is 18.1 Å². The first kappa shape index (κ1) is 13.2. The second kappa shape index (κ2) is 5.04. The Kier molecular flexibility index (Phi) is 3.16. The summed E-state index contributed by atoms with van der Waals surface area (Å²) < 4.78 is 5.77. The topological polar surface area (TPSA) is 45.3 Å². The molecule has 110 valence electrons. The van der Waals surface area contributed by atoms with E-state index in [2.05, 4.69) is 4.98 Å². The van der Waals surface area contributed by atoms with Gasteiger partial charge in [0, 0.05) is 17.4 Å². The SMILES string of the molecule is O=C(c1[nH]c2ccccc2c1Cl)N1CCO[C@@H]2CCC[C@H]21. The molecular weight excluding hydrogens is 288 g/mol. The van der Waals surface area contributed by atoms with Gasteiger partial charge >= 0.3 is 0 Å². The molecular formula is C16H17ClN2O2. The molecule has 0 radical (unpaired) electrons. The zero-order valence-corrected chi connectivity index (χ0v) is 12.4. The van der Waals surface area contributed by atoms with Crippen LogP contribution in [0.1, 0.15) is 29.8 Å². The lowest BCUT2D eigenvalue weighted by molar-refractivity contribution is -0.0446. The van der Waals surface area contributed by atoms with Crippen molar-refractivity contribution in [2.45, 2.75) is 31.4 Å². The Labute approximate surface area is 128 Å². The molecule has 2 atom stereocenters. The summed E-state index contributed by atoms with van der Waals surface area (Å²) in [6, 6.07) is 7.94. The third-order valence-electron chi connectivity index (χ3n) is 4.60. The molecule has 1 aliphatic heterocycles. The average molecular weight is 305 g/mol. The normalized spacial score (nSPS) is 25.3. The van der Waals surface area contributed by atoms with E-state index >= 15 is 0 Å². The van der Waals surface area contributed by atoms with Gasteiger partial charge in [-0.25, -0.2) is 0 Å². The largest absolute Gasteiger partial charge is 0.374 e. The number of aromatic amines is 1. The van der Waals surface area contributed by atoms with Gasteiger partial charge in [0.2, 0.25) is 0 Å². The predicted molar refractivity (Wildman–Crippen MR) is 81.7 cm³/mol. The van der Waals surface area contributed by atoms with Gasteiger partial charge in [-0.2, -0.15) is 0 Å². The van der Waals surface area contributed by atoms with Crippen LogP contribution in [0.4, 0.5) is 0 Å². The molecule has 4 nitrogen and oxygen atoms in total. The average Bonchev–Trinajstić information content (AvgIpc) is 3.11. The molecule has 1 N–H and O–H groups in total. The first-order valence-electron chi connectivity index (χ1n) is 7.44. The molecule has 1 amide bonds. The van der Waals surface area contributed by atoms with Gasteiger partial charge in [-0.15, -0.1) is 0 Å². The van der Waals surface area contributed by atoms with Crippen molar-refractivity contribution in [1.82, 2.24) is 9.88 Å². The molecule has 2 heterocycles. The number of aromatic nitrogens is 1. The Morgan fingerprint density at radius 1 is 1.33 bits per heavy atom. The van der Waals surface area contributed by atoms with Crippen LogP contribution in [-0.4, -0.2) is 41.1 Å². The summed E-state index contributed by atoms with van der Waals surface area (Å²) in [5, 5.41) is 1.43. The Hall–Kier alpha value is -1.52. The van der Waals surface area contributed by atoms with Crippen LogP contribution in [0.2, 0.25) is 5.02 Å². The second-order valence-corrected chi connectivity index (χ2v) is 6.14. The van der Waals surface area contributed by atoms with Crippen LogP contribution in [0, 0.1) is 0 Å². The molecule has 2 aliphatic rings. The summed E-state index contributed by atoms with van der Waals surface area (Å²) in [7, 11) is 0. The fourth-order valence-corrected chi connectivity index (χ4v) is 3.87. The highest BCUT2D eigenvalue weighted by molar-refractivity contribution is 6.38. The molecule has 2 fully saturated rings. The van der Waals surface area contributed by atoms with Crippen molar-refractivity contribution in [1.29, 1.82) is 0 Å². The number of ether oxygens (including phenoxy) is 1. The zero-order valence-electron chi connectivity index (χ0n) is 11.6. The van der Waals surface area contributed by atoms with Crippen LogP contribution in [0.25, 0.3) is 10.9 Å². The highest BCUT2D eigenvalue weighted by atomic mass is 35.5. The standard InChI is InChI=1S/C16H17ClN2O2/c17-14-10-4-1-2-5-11(10)18-15(14)16(20)19-8-9-21-13-7-3-6-12(13)19/h1-2,4-5,12-13,18H,3,6-9H2/t12-,13-/m1/s1. The number of amides is 1. The number of para-hydroxylation sites is 1. The number of nitrogens with zero attached hydrogens (tertiary/aromatic N) is 1. The summed E-state index contributed by atoms with van der Waals surface area (Å²) in [5.41, 5.74) is 1.41. The number of fused-ring (bicyclic) bond motifs is 2. The summed E-state index contributed by atoms with van der Waals surface area (Å²) in [5.74, 6) is -0.00333. The highest BCUT2D eigenvalue weighted by Crippen LogP contribution is 2.33. The maximum Gasteiger partial charge on any atom is 0.272 e. The molecule has 1 aliphatic carbocycles. The number of morpholine rings is 1. The Bertz CT molecular complexity index is 697. The van der Waals surface area contributed by atoms with Crippen LogP contribution >= 0.6 is 11.6 Å². The van der Waals surface area contributed by atoms with Crippen molar-refractivity contribution in [3.63, 3.8) is 0 Å². The number of nitrogens with one attached hydrogen (secondary N) is 1. The minimum atomic E-state index is -0.00333. The minimum Gasteiger partial charge on any atom is -0.374 e. The van der Waals surface area contributed by atoms with Gasteiger partial charge in [-0.05, 0) is 25.3 Å². The molecule has 1 aromatic heterocycles. The van der Waals surface area contributed by atoms with E-state index < -0.39 is 0 Å². The number of carbonyl (C=O) groups excluding carboxylic acids is 1. The fraction of sp³-hybridized carbons (Fsp3) is 0.438. The number of benzene rings is 1. The molecule has 21 heavy (non-hydrogen) atoms. The summed E-state index contributed by atoms with van der Waals surface area (Å²) in [6.45, 7) is 1.26. The predicted octanol–water partition coefficient (Wildman–Crippen LogP) is 3.21. The van der Waals surface area contributed by atoms with Crippen molar-refractivity contribution in [3.05, 3.63) is 35.0 Å². The number of hydrogen-bond donors (Lipinski definition) is 1. The zero-order chi connectivity index (χ0) is 14.4. The van der Waals surface area contributed by atoms with Crippen molar-refractivity contribution < 1.29 is 9.53 Å². The van der Waals surface area contributed by atoms with Gasteiger partial charge in [0.05, 0.1) is 23.8 Å². The quantitative estimate of drug-likeness (QED) is 0.879. The molecule has 0 spiro atoms. The van der Waals surface area contributed by atoms with Gasteiger partial charge in [-0.1, -0.05) is 29.8 Å². The van der Waals surface area contributed by atoms with Crippen LogP contribution in [-0.2, 0) is 4.74 Å². The molecule has 0 unspecified atom stereocenters. The van der Waals surface area contributed by atoms with E-state index in [0.29, 0.717) is 23.9 Å². The number of carbonyl (C=O) groups is 1. The lowest BCUT2D eigenvalue weighted by Crippen LogP contribution is -2.51. The van der Waals surface area contributed by atoms with Crippen LogP contribution < -0.4 is 0 Å². The maximum absolute atomic E-state index is 12.9. The maximum atomic E-state index is 12.9. The van der Waals surface area contributed by atoms with Crippen LogP contribution in [0.3, 0.4) is 0 Å². The Morgan fingerprint density at radius 3 is 3.05 bits per heavy atom. The molecule has 0 bridgehead atoms. The van der Waals surface area contributed by atoms with Gasteiger partial charge in [-0.3, -0.25) is 4.79 Å². The van der Waals surface area contributed by atoms with Crippen LogP contribution in [0.15, 0.2) is 24.3 Å². The lowest BCUT2D eigenvalue weighted by Gasteiger charge is -2.37. The van der Waals surface area contributed by atoms with E-state index in [1.54, 1.807) is 0 Å². The number of H-pyrrole nitrogens is 1. The molecule has 5 heteroatoms. The molecule has 1 saturated heterocycles. The van der Waals surface area contributed by atoms with Crippen molar-refractivity contribution >= 4 is 28.4 Å². The van der Waals surface area contributed by atoms with E-state index in [0.717, 1.165) is 30.2 Å². The molecule has 1 aromatic carbocycles. The van der Waals surface area contributed by atoms with Gasteiger partial charge in [0.25, 0.3) is 5.91 Å². The van der Waals surface area contributed by atoms with E-state index in [9.17, 15) is 4.79 Å². The first-order valence-corrected chi connectivity index (χ1v) is 7.82. The molecule has 2 aromatic rings. The first-order chi connectivity index (χ1) is 10.3. The fourth-order valence-electron chi connectivity index (χ4n) is 3.58. The van der Waals surface area contributed by atoms with Crippen molar-refractivity contribution in [2.75, 3.05) is 13.2 Å². The second-order valence-electron chi connectivity index (χ2n) is 5.77. The van der Waals surface area contributed by atoms with E-state index in [1.165, 1.54) is 0 Å². The monoisotopic (exact) mass is 304 g/mol. The third-order valence-corrected chi connectivity index (χ3v) is 4.99. The van der Waals surface area contributed by atoms with E-state index in [1.807, 2.05) is 29.2 Å². The molecule has 1 saturated carbocycles. The van der Waals surface area contributed by atoms with Crippen molar-refractivity contribution in [3.8, 4) is 0 Å². The van der Waals surface area contributed by atoms with Crippen LogP contribution in [0.5, 0.6) is 0 Å². The number of hydrogen-bond acceptors (Lipinski definition) is 2. The Balaban J connectivity index is 1.71. The number of halogens is 1. The smallest absolute Gasteiger partial charge is 0.272 e.